The molecule has 4 atom stereocenters. The van der Waals surface area contributed by atoms with Gasteiger partial charge in [0, 0.05) is 38.6 Å². The number of unbranched alkanes of at least 4 members (excludes halogenated alkanes) is 12. The Kier molecular flexibility index (Phi) is 29.8. The molecule has 0 saturated carbocycles. The molecule has 18 heteroatoms. The van der Waals surface area contributed by atoms with Gasteiger partial charge in [0.2, 0.25) is 23.6 Å². The van der Waals surface area contributed by atoms with Crippen LogP contribution in [0.1, 0.15) is 161 Å². The van der Waals surface area contributed by atoms with E-state index in [4.69, 9.17) is 5.11 Å². The molecule has 0 aromatic heterocycles. The minimum Gasteiger partial charge on any atom is -0.481 e. The molecule has 0 radical (unpaired) electrons. The van der Waals surface area contributed by atoms with E-state index in [1.165, 1.54) is 0 Å². The van der Waals surface area contributed by atoms with Crippen LogP contribution in [0.25, 0.3) is 0 Å². The van der Waals surface area contributed by atoms with Crippen molar-refractivity contribution in [2.75, 3.05) is 13.6 Å². The lowest BCUT2D eigenvalue weighted by atomic mass is 9.91. The zero-order valence-corrected chi connectivity index (χ0v) is 34.5. The van der Waals surface area contributed by atoms with Crippen LogP contribution in [0.3, 0.4) is 0 Å². The lowest BCUT2D eigenvalue weighted by Gasteiger charge is -2.25. The molecule has 0 heterocycles. The standard InChI is InChI=1S/C40H69N5O13/c1-3-40(28-46,41-2)26-16-17-27-42-32(47)23-20-29(37(53)54)44-34(49)25-22-31(39(57)58)45-35(50)24-21-30(38(55)56)43-33(48)18-14-12-10-8-6-4-5-7-9-11-13-15-19-36(51)52/h28-31,41H,3-27H2,1-2H3,(H,42,47)(H,43,48)(H,44,49)(H,45,50)(H,51,52)(H,53,54)(H,55,56)(H,57,58)/t29-,30-,31-,40-/m0/s1. The monoisotopic (exact) mass is 827 g/mol. The van der Waals surface area contributed by atoms with E-state index >= 15 is 0 Å². The van der Waals surface area contributed by atoms with Crippen molar-refractivity contribution in [1.82, 2.24) is 26.6 Å². The van der Waals surface area contributed by atoms with Crippen LogP contribution in [0.4, 0.5) is 0 Å². The number of hydrogen-bond acceptors (Lipinski definition) is 10. The molecule has 0 aromatic carbocycles. The molecule has 0 aromatic rings. The van der Waals surface area contributed by atoms with Gasteiger partial charge in [-0.3, -0.25) is 24.0 Å². The molecule has 0 saturated heterocycles. The van der Waals surface area contributed by atoms with E-state index in [0.29, 0.717) is 38.6 Å². The lowest BCUT2D eigenvalue weighted by Crippen LogP contribution is -2.45. The molecule has 0 spiro atoms. The molecule has 0 aliphatic carbocycles. The van der Waals surface area contributed by atoms with E-state index in [-0.39, 0.29) is 32.1 Å². The van der Waals surface area contributed by atoms with Crippen LogP contribution in [0.2, 0.25) is 0 Å². The Balaban J connectivity index is 4.46. The lowest BCUT2D eigenvalue weighted by molar-refractivity contribution is -0.144. The van der Waals surface area contributed by atoms with Crippen LogP contribution in [0, 0.1) is 0 Å². The van der Waals surface area contributed by atoms with Gasteiger partial charge in [0.15, 0.2) is 0 Å². The fraction of sp³-hybridized carbons (Fsp3) is 0.775. The van der Waals surface area contributed by atoms with Crippen LogP contribution in [-0.2, 0) is 43.2 Å². The Morgan fingerprint density at radius 2 is 0.862 bits per heavy atom. The van der Waals surface area contributed by atoms with Gasteiger partial charge in [0.05, 0.1) is 5.54 Å². The summed E-state index contributed by atoms with van der Waals surface area (Å²) in [7, 11) is 1.71. The number of carbonyl (C=O) groups excluding carboxylic acids is 5. The van der Waals surface area contributed by atoms with E-state index in [1.807, 2.05) is 6.92 Å². The average Bonchev–Trinajstić information content (AvgIpc) is 3.17. The smallest absolute Gasteiger partial charge is 0.326 e. The number of nitrogens with one attached hydrogen (secondary N) is 5. The first-order valence-corrected chi connectivity index (χ1v) is 20.8. The largest absolute Gasteiger partial charge is 0.481 e. The van der Waals surface area contributed by atoms with Crippen molar-refractivity contribution in [1.29, 1.82) is 0 Å². The zero-order valence-electron chi connectivity index (χ0n) is 34.5. The van der Waals surface area contributed by atoms with Gasteiger partial charge in [0.1, 0.15) is 24.4 Å². The van der Waals surface area contributed by atoms with Crippen molar-refractivity contribution < 1.29 is 63.6 Å². The number of carbonyl (C=O) groups is 9. The molecule has 0 unspecified atom stereocenters. The van der Waals surface area contributed by atoms with Crippen molar-refractivity contribution in [3.63, 3.8) is 0 Å². The second-order valence-corrected chi connectivity index (χ2v) is 14.8. The summed E-state index contributed by atoms with van der Waals surface area (Å²) in [5.41, 5.74) is -0.614. The third-order valence-corrected chi connectivity index (χ3v) is 10.2. The van der Waals surface area contributed by atoms with Crippen molar-refractivity contribution in [2.24, 2.45) is 0 Å². The minimum atomic E-state index is -1.53. The molecular weight excluding hydrogens is 758 g/mol. The molecule has 0 fully saturated rings. The molecule has 0 aliphatic rings. The first kappa shape index (κ1) is 53.4. The normalized spacial score (nSPS) is 13.6. The topological polar surface area (TPSA) is 295 Å². The molecule has 9 N–H and O–H groups in total. The zero-order chi connectivity index (χ0) is 43.8. The molecule has 0 rings (SSSR count). The molecule has 332 valence electrons. The van der Waals surface area contributed by atoms with Gasteiger partial charge in [-0.15, -0.1) is 0 Å². The summed E-state index contributed by atoms with van der Waals surface area (Å²) in [4.78, 5) is 107. The van der Waals surface area contributed by atoms with Crippen molar-refractivity contribution in [3.8, 4) is 0 Å². The predicted octanol–water partition coefficient (Wildman–Crippen LogP) is 3.43. The summed E-state index contributed by atoms with van der Waals surface area (Å²) in [6, 6.07) is -4.32. The molecule has 0 bridgehead atoms. The first-order valence-electron chi connectivity index (χ1n) is 20.8. The van der Waals surface area contributed by atoms with Crippen LogP contribution < -0.4 is 26.6 Å². The Labute approximate surface area is 341 Å². The molecule has 18 nitrogen and oxygen atoms in total. The van der Waals surface area contributed by atoms with E-state index in [1.54, 1.807) is 7.05 Å². The van der Waals surface area contributed by atoms with Crippen LogP contribution in [0.5, 0.6) is 0 Å². The Morgan fingerprint density at radius 1 is 0.500 bits per heavy atom. The van der Waals surface area contributed by atoms with Gasteiger partial charge in [-0.05, 0) is 64.8 Å². The second-order valence-electron chi connectivity index (χ2n) is 14.8. The maximum atomic E-state index is 12.5. The molecule has 4 amide bonds. The number of carboxylic acids is 4. The van der Waals surface area contributed by atoms with Gasteiger partial charge in [-0.1, -0.05) is 71.1 Å². The Morgan fingerprint density at radius 3 is 1.21 bits per heavy atom. The molecule has 0 aliphatic heterocycles. The number of rotatable bonds is 38. The summed E-state index contributed by atoms with van der Waals surface area (Å²) >= 11 is 0. The molecule has 58 heavy (non-hydrogen) atoms. The molecular formula is C40H69N5O13. The van der Waals surface area contributed by atoms with Gasteiger partial charge < -0.3 is 51.8 Å². The van der Waals surface area contributed by atoms with Gasteiger partial charge >= 0.3 is 23.9 Å². The summed E-state index contributed by atoms with van der Waals surface area (Å²) in [5, 5.41) is 49.9. The maximum absolute atomic E-state index is 12.5. The third kappa shape index (κ3) is 27.1. The number of amides is 4. The number of carboxylic acid groups (broad SMARTS) is 4. The fourth-order valence-electron chi connectivity index (χ4n) is 6.29. The highest BCUT2D eigenvalue weighted by molar-refractivity contribution is 5.87. The van der Waals surface area contributed by atoms with Gasteiger partial charge in [-0.2, -0.15) is 0 Å². The average molecular weight is 828 g/mol. The van der Waals surface area contributed by atoms with Crippen molar-refractivity contribution in [2.45, 2.75) is 185 Å². The second kappa shape index (κ2) is 32.4. The van der Waals surface area contributed by atoms with E-state index in [0.717, 1.165) is 76.9 Å². The quantitative estimate of drug-likeness (QED) is 0.0318. The predicted molar refractivity (Wildman–Crippen MR) is 214 cm³/mol. The van der Waals surface area contributed by atoms with Crippen LogP contribution in [0.15, 0.2) is 0 Å². The highest BCUT2D eigenvalue weighted by Crippen LogP contribution is 2.16. The Bertz CT molecular complexity index is 1290. The van der Waals surface area contributed by atoms with Gasteiger partial charge in [0.25, 0.3) is 0 Å². The first-order chi connectivity index (χ1) is 27.6. The number of likely N-dealkylation sites (N-methyl/N-ethyl adjacent to an activating group) is 1. The Hall–Kier alpha value is -4.61. The highest BCUT2D eigenvalue weighted by atomic mass is 16.4. The van der Waals surface area contributed by atoms with Crippen molar-refractivity contribution in [3.05, 3.63) is 0 Å². The summed E-state index contributed by atoms with van der Waals surface area (Å²) in [6.45, 7) is 2.22. The van der Waals surface area contributed by atoms with E-state index < -0.39 is 90.4 Å². The van der Waals surface area contributed by atoms with Crippen LogP contribution >= 0.6 is 0 Å². The van der Waals surface area contributed by atoms with Crippen molar-refractivity contribution >= 4 is 53.8 Å². The SMILES string of the molecule is CC[C@@](C=O)(CCCCNC(=O)CC[C@H](NC(=O)CC[C@H](NC(=O)CC[C@H](NC(=O)CCCCCCCCCCCCCCC(=O)O)C(=O)O)C(=O)O)C(=O)O)NC. The summed E-state index contributed by atoms with van der Waals surface area (Å²) in [6.07, 6.45) is 13.4. The number of aldehydes is 1. The number of hydrogen-bond donors (Lipinski definition) is 9. The van der Waals surface area contributed by atoms with E-state index in [9.17, 15) is 58.5 Å². The third-order valence-electron chi connectivity index (χ3n) is 10.2. The summed E-state index contributed by atoms with van der Waals surface area (Å²) in [5.74, 6) is -7.47. The van der Waals surface area contributed by atoms with Crippen LogP contribution in [-0.4, -0.2) is 111 Å². The summed E-state index contributed by atoms with van der Waals surface area (Å²) < 4.78 is 0. The maximum Gasteiger partial charge on any atom is 0.326 e. The van der Waals surface area contributed by atoms with E-state index in [2.05, 4.69) is 26.6 Å². The number of aliphatic carboxylic acids is 4. The van der Waals surface area contributed by atoms with Gasteiger partial charge in [-0.25, -0.2) is 14.4 Å². The fourth-order valence-corrected chi connectivity index (χ4v) is 6.29. The highest BCUT2D eigenvalue weighted by Gasteiger charge is 2.27. The minimum absolute atomic E-state index is 0.123.